The average Bonchev–Trinajstić information content (AvgIpc) is 2.42. The van der Waals surface area contributed by atoms with Gasteiger partial charge in [0.1, 0.15) is 0 Å². The van der Waals surface area contributed by atoms with E-state index in [0.717, 1.165) is 0 Å². The quantitative estimate of drug-likeness (QED) is 0.785. The van der Waals surface area contributed by atoms with Gasteiger partial charge < -0.3 is 10.6 Å². The third kappa shape index (κ3) is 6.84. The maximum atomic E-state index is 12.0. The summed E-state index contributed by atoms with van der Waals surface area (Å²) in [6.07, 6.45) is 0. The fraction of sp³-hybridized carbons (Fsp3) is 0.429. The van der Waals surface area contributed by atoms with E-state index in [4.69, 9.17) is 0 Å². The second-order valence-electron chi connectivity index (χ2n) is 4.77. The Labute approximate surface area is 130 Å². The lowest BCUT2D eigenvalue weighted by atomic mass is 10.1. The number of benzene rings is 1. The van der Waals surface area contributed by atoms with E-state index in [2.05, 4.69) is 10.6 Å². The van der Waals surface area contributed by atoms with Gasteiger partial charge in [0, 0.05) is 29.5 Å². The topological polar surface area (TPSA) is 58.2 Å². The Balaban J connectivity index is 2.54. The van der Waals surface area contributed by atoms with Crippen molar-refractivity contribution in [2.45, 2.75) is 19.4 Å². The second kappa shape index (κ2) is 8.07. The van der Waals surface area contributed by atoms with E-state index < -0.39 is 11.4 Å². The minimum atomic E-state index is -4.30. The van der Waals surface area contributed by atoms with E-state index in [1.54, 1.807) is 26.0 Å². The van der Waals surface area contributed by atoms with E-state index in [9.17, 15) is 22.8 Å². The Morgan fingerprint density at radius 3 is 2.55 bits per heavy atom. The highest BCUT2D eigenvalue weighted by molar-refractivity contribution is 8.00. The molecule has 0 heterocycles. The number of amides is 2. The summed E-state index contributed by atoms with van der Waals surface area (Å²) >= 11 is -0.186. The predicted molar refractivity (Wildman–Crippen MR) is 80.8 cm³/mol. The SMILES string of the molecule is CC(C)C(=O)Nc1cccc(C(=O)NCCSC(F)(F)F)c1. The first-order valence-corrected chi connectivity index (χ1v) is 7.57. The van der Waals surface area contributed by atoms with Crippen molar-refractivity contribution in [3.63, 3.8) is 0 Å². The molecule has 0 radical (unpaired) electrons. The molecule has 0 saturated carbocycles. The molecule has 0 atom stereocenters. The summed E-state index contributed by atoms with van der Waals surface area (Å²) in [6.45, 7) is 3.39. The summed E-state index contributed by atoms with van der Waals surface area (Å²) in [7, 11) is 0. The van der Waals surface area contributed by atoms with Crippen LogP contribution in [0.25, 0.3) is 0 Å². The van der Waals surface area contributed by atoms with Crippen molar-refractivity contribution in [3.05, 3.63) is 29.8 Å². The smallest absolute Gasteiger partial charge is 0.351 e. The summed E-state index contributed by atoms with van der Waals surface area (Å²) in [4.78, 5) is 23.4. The van der Waals surface area contributed by atoms with Gasteiger partial charge in [0.2, 0.25) is 5.91 Å². The second-order valence-corrected chi connectivity index (χ2v) is 5.93. The molecule has 22 heavy (non-hydrogen) atoms. The van der Waals surface area contributed by atoms with E-state index in [-0.39, 0.29) is 41.4 Å². The number of rotatable bonds is 6. The molecule has 4 nitrogen and oxygen atoms in total. The van der Waals surface area contributed by atoms with Crippen LogP contribution in [0.1, 0.15) is 24.2 Å². The molecule has 0 aromatic heterocycles. The van der Waals surface area contributed by atoms with Gasteiger partial charge in [0.05, 0.1) is 0 Å². The van der Waals surface area contributed by atoms with Gasteiger partial charge in [-0.25, -0.2) is 0 Å². The summed E-state index contributed by atoms with van der Waals surface area (Å²) in [6, 6.07) is 6.23. The zero-order chi connectivity index (χ0) is 16.8. The Morgan fingerprint density at radius 2 is 1.95 bits per heavy atom. The minimum Gasteiger partial charge on any atom is -0.351 e. The molecule has 2 amide bonds. The molecule has 122 valence electrons. The van der Waals surface area contributed by atoms with Gasteiger partial charge in [-0.2, -0.15) is 13.2 Å². The molecule has 0 spiro atoms. The highest BCUT2D eigenvalue weighted by Gasteiger charge is 2.27. The third-order valence-corrected chi connectivity index (χ3v) is 3.31. The van der Waals surface area contributed by atoms with Gasteiger partial charge in [0.15, 0.2) is 0 Å². The van der Waals surface area contributed by atoms with Crippen molar-refractivity contribution in [3.8, 4) is 0 Å². The number of alkyl halides is 3. The highest BCUT2D eigenvalue weighted by atomic mass is 32.2. The highest BCUT2D eigenvalue weighted by Crippen LogP contribution is 2.29. The number of carbonyl (C=O) groups is 2. The Hall–Kier alpha value is -1.70. The molecule has 1 aromatic rings. The molecule has 1 rings (SSSR count). The Kier molecular flexibility index (Phi) is 6.73. The number of halogens is 3. The van der Waals surface area contributed by atoms with Crippen LogP contribution in [0.3, 0.4) is 0 Å². The van der Waals surface area contributed by atoms with Crippen molar-refractivity contribution in [1.29, 1.82) is 0 Å². The van der Waals surface area contributed by atoms with Crippen LogP contribution in [-0.2, 0) is 4.79 Å². The standard InChI is InChI=1S/C14H17F3N2O2S/c1-9(2)12(20)19-11-5-3-4-10(8-11)13(21)18-6-7-22-14(15,16)17/h3-5,8-9H,6-7H2,1-2H3,(H,18,21)(H,19,20). The normalized spacial score (nSPS) is 11.4. The van der Waals surface area contributed by atoms with Crippen LogP contribution in [-0.4, -0.2) is 29.6 Å². The molecule has 8 heteroatoms. The van der Waals surface area contributed by atoms with Gasteiger partial charge in [0.25, 0.3) is 5.91 Å². The molecular formula is C14H17F3N2O2S. The summed E-state index contributed by atoms with van der Waals surface area (Å²) in [5, 5.41) is 5.05. The first-order chi connectivity index (χ1) is 10.2. The molecule has 0 aliphatic carbocycles. The third-order valence-electron chi connectivity index (χ3n) is 2.57. The number of hydrogen-bond acceptors (Lipinski definition) is 3. The first-order valence-electron chi connectivity index (χ1n) is 6.59. The van der Waals surface area contributed by atoms with Crippen molar-refractivity contribution in [2.24, 2.45) is 5.92 Å². The van der Waals surface area contributed by atoms with Gasteiger partial charge in [-0.3, -0.25) is 9.59 Å². The van der Waals surface area contributed by atoms with Crippen LogP contribution < -0.4 is 10.6 Å². The van der Waals surface area contributed by atoms with Gasteiger partial charge >= 0.3 is 5.51 Å². The molecule has 0 saturated heterocycles. The van der Waals surface area contributed by atoms with Crippen molar-refractivity contribution in [2.75, 3.05) is 17.6 Å². The average molecular weight is 334 g/mol. The zero-order valence-electron chi connectivity index (χ0n) is 12.2. The Bertz CT molecular complexity index is 533. The summed E-state index contributed by atoms with van der Waals surface area (Å²) < 4.78 is 35.9. The summed E-state index contributed by atoms with van der Waals surface area (Å²) in [5.41, 5.74) is -3.55. The van der Waals surface area contributed by atoms with Crippen LogP contribution in [0.4, 0.5) is 18.9 Å². The number of anilines is 1. The maximum Gasteiger partial charge on any atom is 0.441 e. The predicted octanol–water partition coefficient (Wildman–Crippen LogP) is 3.26. The lowest BCUT2D eigenvalue weighted by molar-refractivity contribution is -0.118. The molecular weight excluding hydrogens is 317 g/mol. The van der Waals surface area contributed by atoms with Gasteiger partial charge in [-0.15, -0.1) is 0 Å². The Morgan fingerprint density at radius 1 is 1.27 bits per heavy atom. The van der Waals surface area contributed by atoms with E-state index >= 15 is 0 Å². The van der Waals surface area contributed by atoms with E-state index in [0.29, 0.717) is 5.69 Å². The summed E-state index contributed by atoms with van der Waals surface area (Å²) in [5.74, 6) is -1.11. The van der Waals surface area contributed by atoms with Crippen molar-refractivity contribution < 1.29 is 22.8 Å². The molecule has 0 unspecified atom stereocenters. The lowest BCUT2D eigenvalue weighted by Gasteiger charge is -2.10. The van der Waals surface area contributed by atoms with Crippen LogP contribution >= 0.6 is 11.8 Å². The molecule has 1 aromatic carbocycles. The monoisotopic (exact) mass is 334 g/mol. The fourth-order valence-electron chi connectivity index (χ4n) is 1.46. The van der Waals surface area contributed by atoms with Crippen LogP contribution in [0.5, 0.6) is 0 Å². The van der Waals surface area contributed by atoms with Crippen LogP contribution in [0.2, 0.25) is 0 Å². The number of hydrogen-bond donors (Lipinski definition) is 2. The number of nitrogens with one attached hydrogen (secondary N) is 2. The number of thioether (sulfide) groups is 1. The maximum absolute atomic E-state index is 12.0. The largest absolute Gasteiger partial charge is 0.441 e. The minimum absolute atomic E-state index is 0.0917. The van der Waals surface area contributed by atoms with E-state index in [1.807, 2.05) is 0 Å². The molecule has 0 aliphatic rings. The molecule has 0 bridgehead atoms. The fourth-order valence-corrected chi connectivity index (χ4v) is 1.89. The molecule has 0 fully saturated rings. The molecule has 0 aliphatic heterocycles. The van der Waals surface area contributed by atoms with Crippen molar-refractivity contribution >= 4 is 29.3 Å². The van der Waals surface area contributed by atoms with Gasteiger partial charge in [-0.1, -0.05) is 19.9 Å². The van der Waals surface area contributed by atoms with Gasteiger partial charge in [-0.05, 0) is 30.0 Å². The van der Waals surface area contributed by atoms with Crippen LogP contribution in [0.15, 0.2) is 24.3 Å². The number of carbonyl (C=O) groups excluding carboxylic acids is 2. The van der Waals surface area contributed by atoms with Crippen LogP contribution in [0, 0.1) is 5.92 Å². The molecule has 2 N–H and O–H groups in total. The first kappa shape index (κ1) is 18.3. The van der Waals surface area contributed by atoms with E-state index in [1.165, 1.54) is 12.1 Å². The lowest BCUT2D eigenvalue weighted by Crippen LogP contribution is -2.26. The zero-order valence-corrected chi connectivity index (χ0v) is 13.0. The van der Waals surface area contributed by atoms with Crippen molar-refractivity contribution in [1.82, 2.24) is 5.32 Å².